The molecule has 160 valence electrons. The second kappa shape index (κ2) is 8.83. The third-order valence-corrected chi connectivity index (χ3v) is 4.98. The summed E-state index contributed by atoms with van der Waals surface area (Å²) in [6.45, 7) is 0.407. The van der Waals surface area contributed by atoms with E-state index in [1.165, 1.54) is 13.4 Å². The Hall–Kier alpha value is -3.94. The lowest BCUT2D eigenvalue weighted by Gasteiger charge is -2.23. The average molecular weight is 421 g/mol. The number of furan rings is 1. The van der Waals surface area contributed by atoms with Crippen LogP contribution < -0.4 is 15.4 Å². The lowest BCUT2D eigenvalue weighted by molar-refractivity contribution is 0.0996. The largest absolute Gasteiger partial charge is 0.504 e. The number of phenolic OH excluding ortho intramolecular Hbond substituents is 1. The zero-order valence-corrected chi connectivity index (χ0v) is 17.0. The Morgan fingerprint density at radius 3 is 2.42 bits per heavy atom. The number of hydrogen-bond donors (Lipinski definition) is 3. The van der Waals surface area contributed by atoms with Gasteiger partial charge in [0.05, 0.1) is 13.4 Å². The van der Waals surface area contributed by atoms with E-state index in [1.807, 2.05) is 0 Å². The smallest absolute Gasteiger partial charge is 0.322 e. The number of anilines is 2. The highest BCUT2D eigenvalue weighted by molar-refractivity contribution is 6.02. The molecule has 0 radical (unpaired) electrons. The molecule has 0 spiro atoms. The predicted molar refractivity (Wildman–Crippen MR) is 115 cm³/mol. The molecule has 0 atom stereocenters. The van der Waals surface area contributed by atoms with Crippen molar-refractivity contribution < 1.29 is 23.8 Å². The molecule has 2 aromatic carbocycles. The molecule has 1 heterocycles. The van der Waals surface area contributed by atoms with Gasteiger partial charge in [0.2, 0.25) is 0 Å². The molecule has 3 amide bonds. The summed E-state index contributed by atoms with van der Waals surface area (Å²) < 4.78 is 10.2. The van der Waals surface area contributed by atoms with Crippen LogP contribution in [0.3, 0.4) is 0 Å². The standard InChI is InChI=1S/C23H23N3O5/c1-30-21-13-15(4-11-19(21)27)14-26(18-9-10-18)23(29)25-17-7-5-16(6-8-17)24-22(28)20-3-2-12-31-20/h2-8,11-13,18,27H,9-10,14H2,1H3,(H,24,28)(H,25,29). The van der Waals surface area contributed by atoms with E-state index in [1.54, 1.807) is 59.5 Å². The Morgan fingerprint density at radius 2 is 1.81 bits per heavy atom. The monoisotopic (exact) mass is 421 g/mol. The fraction of sp³-hybridized carbons (Fsp3) is 0.217. The molecule has 4 rings (SSSR count). The van der Waals surface area contributed by atoms with Gasteiger partial charge >= 0.3 is 6.03 Å². The number of nitrogens with one attached hydrogen (secondary N) is 2. The first kappa shape index (κ1) is 20.3. The van der Waals surface area contributed by atoms with Crippen LogP contribution in [-0.2, 0) is 6.54 Å². The van der Waals surface area contributed by atoms with Gasteiger partial charge < -0.3 is 29.8 Å². The van der Waals surface area contributed by atoms with Crippen LogP contribution in [-0.4, -0.2) is 35.1 Å². The first-order valence-electron chi connectivity index (χ1n) is 9.92. The van der Waals surface area contributed by atoms with E-state index < -0.39 is 0 Å². The molecule has 1 aliphatic rings. The molecular formula is C23H23N3O5. The second-order valence-electron chi connectivity index (χ2n) is 7.30. The highest BCUT2D eigenvalue weighted by atomic mass is 16.5. The predicted octanol–water partition coefficient (Wildman–Crippen LogP) is 4.44. The number of ether oxygens (including phenoxy) is 1. The van der Waals surface area contributed by atoms with Crippen molar-refractivity contribution in [3.05, 3.63) is 72.2 Å². The van der Waals surface area contributed by atoms with Gasteiger partial charge in [-0.15, -0.1) is 0 Å². The minimum Gasteiger partial charge on any atom is -0.504 e. The van der Waals surface area contributed by atoms with Crippen LogP contribution in [0.2, 0.25) is 0 Å². The number of aromatic hydroxyl groups is 1. The summed E-state index contributed by atoms with van der Waals surface area (Å²) in [4.78, 5) is 26.7. The topological polar surface area (TPSA) is 104 Å². The molecule has 8 nitrogen and oxygen atoms in total. The maximum atomic E-state index is 12.9. The van der Waals surface area contributed by atoms with Gasteiger partial charge in [0, 0.05) is 24.0 Å². The first-order chi connectivity index (χ1) is 15.0. The van der Waals surface area contributed by atoms with Crippen LogP contribution >= 0.6 is 0 Å². The van der Waals surface area contributed by atoms with Crippen molar-refractivity contribution in [3.8, 4) is 11.5 Å². The molecule has 3 N–H and O–H groups in total. The first-order valence-corrected chi connectivity index (χ1v) is 9.92. The van der Waals surface area contributed by atoms with E-state index in [0.717, 1.165) is 18.4 Å². The quantitative estimate of drug-likeness (QED) is 0.523. The van der Waals surface area contributed by atoms with Crippen molar-refractivity contribution in [3.63, 3.8) is 0 Å². The van der Waals surface area contributed by atoms with Crippen LogP contribution in [0.4, 0.5) is 16.2 Å². The number of urea groups is 1. The Bertz CT molecular complexity index is 1060. The minimum atomic E-state index is -0.342. The number of hydrogen-bond acceptors (Lipinski definition) is 5. The number of benzene rings is 2. The summed E-state index contributed by atoms with van der Waals surface area (Å²) in [6, 6.07) is 15.2. The van der Waals surface area contributed by atoms with Gasteiger partial charge in [-0.2, -0.15) is 0 Å². The molecular weight excluding hydrogens is 398 g/mol. The molecule has 0 aliphatic heterocycles. The van der Waals surface area contributed by atoms with Crippen molar-refractivity contribution in [1.29, 1.82) is 0 Å². The van der Waals surface area contributed by atoms with E-state index in [0.29, 0.717) is 23.7 Å². The van der Waals surface area contributed by atoms with Gasteiger partial charge in [-0.05, 0) is 66.9 Å². The molecule has 1 saturated carbocycles. The number of methoxy groups -OCH3 is 1. The van der Waals surface area contributed by atoms with Crippen LogP contribution in [0.1, 0.15) is 29.0 Å². The van der Waals surface area contributed by atoms with Crippen LogP contribution in [0, 0.1) is 0 Å². The summed E-state index contributed by atoms with van der Waals surface area (Å²) in [6.07, 6.45) is 3.36. The van der Waals surface area contributed by atoms with Crippen molar-refractivity contribution in [2.45, 2.75) is 25.4 Å². The van der Waals surface area contributed by atoms with Crippen molar-refractivity contribution >= 4 is 23.3 Å². The van der Waals surface area contributed by atoms with Crippen LogP contribution in [0.25, 0.3) is 0 Å². The highest BCUT2D eigenvalue weighted by Gasteiger charge is 2.32. The average Bonchev–Trinajstić information content (AvgIpc) is 3.46. The Balaban J connectivity index is 1.39. The van der Waals surface area contributed by atoms with Gasteiger partial charge in [-0.1, -0.05) is 6.07 Å². The van der Waals surface area contributed by atoms with Gasteiger partial charge in [-0.3, -0.25) is 4.79 Å². The van der Waals surface area contributed by atoms with Crippen LogP contribution in [0.5, 0.6) is 11.5 Å². The molecule has 3 aromatic rings. The fourth-order valence-corrected chi connectivity index (χ4v) is 3.20. The Labute approximate surface area is 179 Å². The van der Waals surface area contributed by atoms with Crippen LogP contribution in [0.15, 0.2) is 65.3 Å². The van der Waals surface area contributed by atoms with E-state index in [2.05, 4.69) is 10.6 Å². The molecule has 1 aliphatic carbocycles. The summed E-state index contributed by atoms with van der Waals surface area (Å²) in [5.74, 6) is 0.322. The van der Waals surface area contributed by atoms with E-state index in [-0.39, 0.29) is 29.5 Å². The number of phenols is 1. The molecule has 0 unspecified atom stereocenters. The molecule has 0 bridgehead atoms. The van der Waals surface area contributed by atoms with Gasteiger partial charge in [0.1, 0.15) is 0 Å². The SMILES string of the molecule is COc1cc(CN(C(=O)Nc2ccc(NC(=O)c3ccco3)cc2)C2CC2)ccc1O. The normalized spacial score (nSPS) is 12.8. The summed E-state index contributed by atoms with van der Waals surface area (Å²) >= 11 is 0. The summed E-state index contributed by atoms with van der Waals surface area (Å²) in [5.41, 5.74) is 2.08. The fourth-order valence-electron chi connectivity index (χ4n) is 3.20. The van der Waals surface area contributed by atoms with Crippen molar-refractivity contribution in [1.82, 2.24) is 4.90 Å². The number of rotatable bonds is 7. The number of amides is 3. The molecule has 8 heteroatoms. The second-order valence-corrected chi connectivity index (χ2v) is 7.30. The summed E-state index contributed by atoms with van der Waals surface area (Å²) in [5, 5.41) is 15.4. The third-order valence-electron chi connectivity index (χ3n) is 4.98. The number of nitrogens with zero attached hydrogens (tertiary/aromatic N) is 1. The third kappa shape index (κ3) is 4.98. The zero-order chi connectivity index (χ0) is 21.8. The number of carbonyl (C=O) groups excluding carboxylic acids is 2. The summed E-state index contributed by atoms with van der Waals surface area (Å²) in [7, 11) is 1.49. The Morgan fingerprint density at radius 1 is 1.10 bits per heavy atom. The number of carbonyl (C=O) groups is 2. The molecule has 31 heavy (non-hydrogen) atoms. The van der Waals surface area contributed by atoms with Gasteiger partial charge in [-0.25, -0.2) is 4.79 Å². The molecule has 1 fully saturated rings. The van der Waals surface area contributed by atoms with Crippen molar-refractivity contribution in [2.75, 3.05) is 17.7 Å². The zero-order valence-electron chi connectivity index (χ0n) is 17.0. The van der Waals surface area contributed by atoms with Gasteiger partial charge in [0.25, 0.3) is 5.91 Å². The Kier molecular flexibility index (Phi) is 5.79. The highest BCUT2D eigenvalue weighted by Crippen LogP contribution is 2.31. The maximum absolute atomic E-state index is 12.9. The lowest BCUT2D eigenvalue weighted by Crippen LogP contribution is -2.36. The lowest BCUT2D eigenvalue weighted by atomic mass is 10.2. The maximum Gasteiger partial charge on any atom is 0.322 e. The van der Waals surface area contributed by atoms with E-state index in [4.69, 9.17) is 9.15 Å². The molecule has 0 saturated heterocycles. The van der Waals surface area contributed by atoms with Gasteiger partial charge in [0.15, 0.2) is 17.3 Å². The van der Waals surface area contributed by atoms with E-state index >= 15 is 0 Å². The van der Waals surface area contributed by atoms with E-state index in [9.17, 15) is 14.7 Å². The molecule has 1 aromatic heterocycles. The minimum absolute atomic E-state index is 0.0629. The van der Waals surface area contributed by atoms with Crippen molar-refractivity contribution in [2.24, 2.45) is 0 Å².